The number of aromatic nitrogens is 2. The van der Waals surface area contributed by atoms with Crippen molar-refractivity contribution >= 4 is 11.8 Å². The molecule has 1 aromatic heterocycles. The first-order valence-electron chi connectivity index (χ1n) is 5.50. The van der Waals surface area contributed by atoms with Crippen molar-refractivity contribution in [1.29, 1.82) is 0 Å². The van der Waals surface area contributed by atoms with Gasteiger partial charge in [-0.25, -0.2) is 4.98 Å². The van der Waals surface area contributed by atoms with Gasteiger partial charge in [0, 0.05) is 18.9 Å². The predicted molar refractivity (Wildman–Crippen MR) is 68.8 cm³/mol. The third-order valence-corrected chi connectivity index (χ3v) is 2.33. The molecule has 2 N–H and O–H groups in total. The van der Waals surface area contributed by atoms with E-state index in [0.29, 0.717) is 5.70 Å². The molecular formula is C12H15F3N4. The highest BCUT2D eigenvalue weighted by molar-refractivity contribution is 5.51. The van der Waals surface area contributed by atoms with Gasteiger partial charge in [-0.15, -0.1) is 0 Å². The van der Waals surface area contributed by atoms with E-state index in [0.717, 1.165) is 11.8 Å². The molecule has 0 fully saturated rings. The van der Waals surface area contributed by atoms with Crippen LogP contribution in [0, 0.1) is 0 Å². The van der Waals surface area contributed by atoms with Crippen LogP contribution in [0.25, 0.3) is 0 Å². The standard InChI is InChI=1S/C12H15F3N4/c1-5-9(7(2)3)18-11-17-6-8(12(13,14)15)10(16-4)19-11/h5-6H,2H2,1,3-4H3,(H2,16,17,18,19)/b9-5+. The van der Waals surface area contributed by atoms with E-state index in [-0.39, 0.29) is 11.8 Å². The quantitative estimate of drug-likeness (QED) is 0.824. The van der Waals surface area contributed by atoms with Crippen molar-refractivity contribution < 1.29 is 13.2 Å². The number of hydrogen-bond donors (Lipinski definition) is 2. The van der Waals surface area contributed by atoms with Gasteiger partial charge in [0.15, 0.2) is 0 Å². The van der Waals surface area contributed by atoms with E-state index in [1.807, 2.05) is 0 Å². The Balaban J connectivity index is 3.11. The maximum atomic E-state index is 12.7. The van der Waals surface area contributed by atoms with Crippen LogP contribution in [0.3, 0.4) is 0 Å². The summed E-state index contributed by atoms with van der Waals surface area (Å²) in [5.74, 6) is -0.199. The topological polar surface area (TPSA) is 49.8 Å². The SMILES string of the molecule is C=C(C)/C(=C\C)Nc1ncc(C(F)(F)F)c(NC)n1. The van der Waals surface area contributed by atoms with Gasteiger partial charge in [0.05, 0.1) is 0 Å². The Morgan fingerprint density at radius 3 is 2.47 bits per heavy atom. The van der Waals surface area contributed by atoms with Crippen LogP contribution < -0.4 is 10.6 Å². The Labute approximate surface area is 109 Å². The van der Waals surface area contributed by atoms with E-state index in [2.05, 4.69) is 27.2 Å². The van der Waals surface area contributed by atoms with Crippen LogP contribution in [0.4, 0.5) is 24.9 Å². The van der Waals surface area contributed by atoms with Gasteiger partial charge in [0.2, 0.25) is 5.95 Å². The molecule has 0 amide bonds. The van der Waals surface area contributed by atoms with Crippen LogP contribution in [0.5, 0.6) is 0 Å². The summed E-state index contributed by atoms with van der Waals surface area (Å²) >= 11 is 0. The number of halogens is 3. The second-order valence-corrected chi connectivity index (χ2v) is 3.81. The van der Waals surface area contributed by atoms with Crippen LogP contribution in [-0.2, 0) is 6.18 Å². The van der Waals surface area contributed by atoms with E-state index in [9.17, 15) is 13.2 Å². The molecule has 19 heavy (non-hydrogen) atoms. The van der Waals surface area contributed by atoms with Crippen LogP contribution in [0.1, 0.15) is 19.4 Å². The number of rotatable bonds is 4. The number of alkyl halides is 3. The maximum absolute atomic E-state index is 12.7. The van der Waals surface area contributed by atoms with E-state index in [1.54, 1.807) is 19.9 Å². The zero-order valence-electron chi connectivity index (χ0n) is 10.9. The van der Waals surface area contributed by atoms with Crippen molar-refractivity contribution in [2.24, 2.45) is 0 Å². The number of hydrogen-bond acceptors (Lipinski definition) is 4. The highest BCUT2D eigenvalue weighted by Crippen LogP contribution is 2.33. The molecule has 4 nitrogen and oxygen atoms in total. The summed E-state index contributed by atoms with van der Waals surface area (Å²) in [6.45, 7) is 7.29. The number of nitrogens with one attached hydrogen (secondary N) is 2. The normalized spacial score (nSPS) is 12.2. The second kappa shape index (κ2) is 5.73. The van der Waals surface area contributed by atoms with Gasteiger partial charge in [-0.05, 0) is 19.4 Å². The Morgan fingerprint density at radius 1 is 1.42 bits per heavy atom. The molecule has 1 heterocycles. The summed E-state index contributed by atoms with van der Waals surface area (Å²) in [6.07, 6.45) is -2.01. The smallest absolute Gasteiger partial charge is 0.372 e. The molecule has 0 saturated carbocycles. The van der Waals surface area contributed by atoms with E-state index < -0.39 is 11.7 Å². The molecule has 0 bridgehead atoms. The summed E-state index contributed by atoms with van der Waals surface area (Å²) < 4.78 is 38.0. The zero-order valence-corrected chi connectivity index (χ0v) is 10.9. The molecule has 0 saturated heterocycles. The molecule has 7 heteroatoms. The molecule has 0 spiro atoms. The molecule has 0 radical (unpaired) electrons. The van der Waals surface area contributed by atoms with Gasteiger partial charge >= 0.3 is 6.18 Å². The van der Waals surface area contributed by atoms with Gasteiger partial charge in [-0.1, -0.05) is 12.7 Å². The molecule has 0 aliphatic rings. The second-order valence-electron chi connectivity index (χ2n) is 3.81. The number of allylic oxidation sites excluding steroid dienone is 2. The lowest BCUT2D eigenvalue weighted by Gasteiger charge is -2.14. The molecule has 0 unspecified atom stereocenters. The van der Waals surface area contributed by atoms with Gasteiger partial charge < -0.3 is 10.6 Å². The van der Waals surface area contributed by atoms with E-state index in [1.165, 1.54) is 7.05 Å². The Kier molecular flexibility index (Phi) is 4.52. The average molecular weight is 272 g/mol. The van der Waals surface area contributed by atoms with Gasteiger partial charge in [0.1, 0.15) is 11.4 Å². The Hall–Kier alpha value is -2.05. The Bertz CT molecular complexity index is 506. The van der Waals surface area contributed by atoms with E-state index >= 15 is 0 Å². The van der Waals surface area contributed by atoms with E-state index in [4.69, 9.17) is 0 Å². The molecular weight excluding hydrogens is 257 g/mol. The molecule has 0 atom stereocenters. The lowest BCUT2D eigenvalue weighted by molar-refractivity contribution is -0.137. The summed E-state index contributed by atoms with van der Waals surface area (Å²) in [5, 5.41) is 5.22. The lowest BCUT2D eigenvalue weighted by Crippen LogP contribution is -2.13. The first kappa shape index (κ1) is 15.0. The molecule has 0 aromatic carbocycles. The summed E-state index contributed by atoms with van der Waals surface area (Å²) in [7, 11) is 1.37. The molecule has 1 aromatic rings. The monoisotopic (exact) mass is 272 g/mol. The molecule has 1 rings (SSSR count). The minimum atomic E-state index is -4.49. The van der Waals surface area contributed by atoms with Crippen LogP contribution >= 0.6 is 0 Å². The fourth-order valence-corrected chi connectivity index (χ4v) is 1.39. The zero-order chi connectivity index (χ0) is 14.6. The first-order chi connectivity index (χ1) is 8.79. The number of nitrogens with zero attached hydrogens (tertiary/aromatic N) is 2. The third-order valence-electron chi connectivity index (χ3n) is 2.33. The first-order valence-corrected chi connectivity index (χ1v) is 5.50. The fraction of sp³-hybridized carbons (Fsp3) is 0.333. The summed E-state index contributed by atoms with van der Waals surface area (Å²) in [5.41, 5.74) is 0.483. The number of anilines is 2. The predicted octanol–water partition coefficient (Wildman–Crippen LogP) is 3.43. The van der Waals surface area contributed by atoms with Gasteiger partial charge in [-0.3, -0.25) is 0 Å². The highest BCUT2D eigenvalue weighted by Gasteiger charge is 2.35. The van der Waals surface area contributed by atoms with Crippen LogP contribution in [0.2, 0.25) is 0 Å². The van der Waals surface area contributed by atoms with Crippen LogP contribution in [0.15, 0.2) is 30.1 Å². The fourth-order valence-electron chi connectivity index (χ4n) is 1.39. The minimum Gasteiger partial charge on any atom is -0.372 e. The van der Waals surface area contributed by atoms with Gasteiger partial charge in [-0.2, -0.15) is 18.2 Å². The molecule has 0 aliphatic heterocycles. The van der Waals surface area contributed by atoms with Crippen molar-refractivity contribution in [3.05, 3.63) is 35.7 Å². The minimum absolute atomic E-state index is 0.0773. The van der Waals surface area contributed by atoms with Crippen molar-refractivity contribution in [2.45, 2.75) is 20.0 Å². The van der Waals surface area contributed by atoms with Crippen molar-refractivity contribution in [1.82, 2.24) is 9.97 Å². The molecule has 104 valence electrons. The summed E-state index contributed by atoms with van der Waals surface area (Å²) in [4.78, 5) is 7.45. The lowest BCUT2D eigenvalue weighted by atomic mass is 10.2. The summed E-state index contributed by atoms with van der Waals surface area (Å²) in [6, 6.07) is 0. The average Bonchev–Trinajstić information content (AvgIpc) is 2.33. The highest BCUT2D eigenvalue weighted by atomic mass is 19.4. The molecule has 0 aliphatic carbocycles. The van der Waals surface area contributed by atoms with Crippen LogP contribution in [-0.4, -0.2) is 17.0 Å². The third kappa shape index (κ3) is 3.70. The maximum Gasteiger partial charge on any atom is 0.421 e. The largest absolute Gasteiger partial charge is 0.421 e. The van der Waals surface area contributed by atoms with Crippen molar-refractivity contribution in [3.8, 4) is 0 Å². The van der Waals surface area contributed by atoms with Crippen molar-refractivity contribution in [3.63, 3.8) is 0 Å². The van der Waals surface area contributed by atoms with Gasteiger partial charge in [0.25, 0.3) is 0 Å². The van der Waals surface area contributed by atoms with Crippen molar-refractivity contribution in [2.75, 3.05) is 17.7 Å². The Morgan fingerprint density at radius 2 is 2.05 bits per heavy atom.